The Morgan fingerprint density at radius 1 is 0.941 bits per heavy atom. The average molecular weight is 266 g/mol. The zero-order valence-corrected chi connectivity index (χ0v) is 11.0. The molecule has 0 atom stereocenters. The Hall–Kier alpha value is -1.02. The van der Waals surface area contributed by atoms with Gasteiger partial charge in [-0.25, -0.2) is 0 Å². The second-order valence-electron chi connectivity index (χ2n) is 3.84. The van der Waals surface area contributed by atoms with Crippen LogP contribution < -0.4 is 5.32 Å². The zero-order chi connectivity index (χ0) is 12.3. The van der Waals surface area contributed by atoms with E-state index in [2.05, 4.69) is 5.32 Å². The number of halogens is 2. The molecule has 17 heavy (non-hydrogen) atoms. The zero-order valence-electron chi connectivity index (χ0n) is 9.50. The second kappa shape index (κ2) is 5.54. The van der Waals surface area contributed by atoms with Crippen LogP contribution in [0, 0.1) is 0 Å². The lowest BCUT2D eigenvalue weighted by molar-refractivity contribution is 0.819. The highest BCUT2D eigenvalue weighted by atomic mass is 35.5. The Kier molecular flexibility index (Phi) is 4.06. The van der Waals surface area contributed by atoms with Gasteiger partial charge < -0.3 is 5.32 Å². The van der Waals surface area contributed by atoms with Crippen LogP contribution in [0.25, 0.3) is 11.1 Å². The molecule has 0 aliphatic heterocycles. The number of hydrogen-bond acceptors (Lipinski definition) is 1. The topological polar surface area (TPSA) is 12.0 Å². The summed E-state index contributed by atoms with van der Waals surface area (Å²) in [5, 5.41) is 4.64. The largest absolute Gasteiger partial charge is 0.316 e. The second-order valence-corrected chi connectivity index (χ2v) is 4.71. The summed E-state index contributed by atoms with van der Waals surface area (Å²) < 4.78 is 0. The van der Waals surface area contributed by atoms with Crippen LogP contribution >= 0.6 is 23.2 Å². The van der Waals surface area contributed by atoms with E-state index in [1.54, 1.807) is 0 Å². The molecule has 0 saturated carbocycles. The number of nitrogens with one attached hydrogen (secondary N) is 1. The van der Waals surface area contributed by atoms with Crippen molar-refractivity contribution in [3.05, 3.63) is 58.1 Å². The molecule has 0 amide bonds. The molecule has 1 nitrogen and oxygen atoms in total. The Labute approximate surface area is 111 Å². The van der Waals surface area contributed by atoms with E-state index in [0.29, 0.717) is 0 Å². The lowest BCUT2D eigenvalue weighted by Gasteiger charge is -2.10. The van der Waals surface area contributed by atoms with E-state index in [1.165, 1.54) is 5.56 Å². The molecule has 1 N–H and O–H groups in total. The van der Waals surface area contributed by atoms with E-state index in [4.69, 9.17) is 23.2 Å². The molecular weight excluding hydrogens is 253 g/mol. The van der Waals surface area contributed by atoms with Crippen molar-refractivity contribution in [1.82, 2.24) is 5.32 Å². The van der Waals surface area contributed by atoms with E-state index in [0.717, 1.165) is 27.7 Å². The third-order valence-corrected chi connectivity index (χ3v) is 3.08. The summed E-state index contributed by atoms with van der Waals surface area (Å²) >= 11 is 11.9. The van der Waals surface area contributed by atoms with Gasteiger partial charge in [-0.05, 0) is 48.0 Å². The van der Waals surface area contributed by atoms with Crippen LogP contribution in [0.2, 0.25) is 10.0 Å². The molecule has 0 fully saturated rings. The molecule has 0 aliphatic carbocycles. The summed E-state index contributed by atoms with van der Waals surface area (Å²) in [6.45, 7) is 0.815. The summed E-state index contributed by atoms with van der Waals surface area (Å²) in [5.74, 6) is 0. The van der Waals surface area contributed by atoms with Crippen molar-refractivity contribution >= 4 is 23.2 Å². The summed E-state index contributed by atoms with van der Waals surface area (Å²) in [7, 11) is 1.93. The van der Waals surface area contributed by atoms with Gasteiger partial charge in [0.2, 0.25) is 0 Å². The molecule has 2 rings (SSSR count). The first-order valence-corrected chi connectivity index (χ1v) is 6.15. The van der Waals surface area contributed by atoms with Crippen LogP contribution in [0.3, 0.4) is 0 Å². The molecule has 0 radical (unpaired) electrons. The van der Waals surface area contributed by atoms with E-state index in [9.17, 15) is 0 Å². The van der Waals surface area contributed by atoms with Gasteiger partial charge in [0.1, 0.15) is 0 Å². The molecule has 2 aromatic rings. The maximum atomic E-state index is 6.05. The third kappa shape index (κ3) is 3.01. The van der Waals surface area contributed by atoms with Crippen LogP contribution in [0.15, 0.2) is 42.5 Å². The Balaban J connectivity index is 2.48. The van der Waals surface area contributed by atoms with Crippen molar-refractivity contribution in [3.63, 3.8) is 0 Å². The van der Waals surface area contributed by atoms with Crippen molar-refractivity contribution in [2.45, 2.75) is 6.54 Å². The fourth-order valence-corrected chi connectivity index (χ4v) is 2.09. The first-order valence-electron chi connectivity index (χ1n) is 5.39. The minimum atomic E-state index is 0.742. The summed E-state index contributed by atoms with van der Waals surface area (Å²) in [6, 6.07) is 13.7. The van der Waals surface area contributed by atoms with Crippen LogP contribution in [-0.2, 0) is 6.54 Å². The Morgan fingerprint density at radius 3 is 2.24 bits per heavy atom. The standard InChI is InChI=1S/C14H13Cl2N/c1-17-9-11-4-7-13(16)8-14(11)10-2-5-12(15)6-3-10/h2-8,17H,9H2,1H3. The molecule has 0 aromatic heterocycles. The van der Waals surface area contributed by atoms with Gasteiger partial charge in [-0.15, -0.1) is 0 Å². The molecule has 88 valence electrons. The molecule has 3 heteroatoms. The highest BCUT2D eigenvalue weighted by Gasteiger charge is 2.05. The lowest BCUT2D eigenvalue weighted by atomic mass is 10.00. The van der Waals surface area contributed by atoms with Crippen LogP contribution in [0.5, 0.6) is 0 Å². The quantitative estimate of drug-likeness (QED) is 0.869. The number of rotatable bonds is 3. The van der Waals surface area contributed by atoms with E-state index in [-0.39, 0.29) is 0 Å². The van der Waals surface area contributed by atoms with Gasteiger partial charge >= 0.3 is 0 Å². The van der Waals surface area contributed by atoms with E-state index < -0.39 is 0 Å². The van der Waals surface area contributed by atoms with Crippen LogP contribution in [0.1, 0.15) is 5.56 Å². The highest BCUT2D eigenvalue weighted by molar-refractivity contribution is 6.31. The summed E-state index contributed by atoms with van der Waals surface area (Å²) in [5.41, 5.74) is 3.49. The van der Waals surface area contributed by atoms with Gasteiger partial charge in [0.25, 0.3) is 0 Å². The monoisotopic (exact) mass is 265 g/mol. The molecule has 0 bridgehead atoms. The minimum absolute atomic E-state index is 0.742. The predicted molar refractivity (Wildman–Crippen MR) is 74.7 cm³/mol. The fourth-order valence-electron chi connectivity index (χ4n) is 1.79. The molecular formula is C14H13Cl2N. The van der Waals surface area contributed by atoms with Crippen molar-refractivity contribution in [2.75, 3.05) is 7.05 Å². The average Bonchev–Trinajstić information content (AvgIpc) is 2.33. The SMILES string of the molecule is CNCc1ccc(Cl)cc1-c1ccc(Cl)cc1. The minimum Gasteiger partial charge on any atom is -0.316 e. The van der Waals surface area contributed by atoms with Gasteiger partial charge in [0, 0.05) is 16.6 Å². The van der Waals surface area contributed by atoms with Crippen molar-refractivity contribution in [3.8, 4) is 11.1 Å². The number of benzene rings is 2. The Morgan fingerprint density at radius 2 is 1.59 bits per heavy atom. The molecule has 2 aromatic carbocycles. The maximum Gasteiger partial charge on any atom is 0.0412 e. The molecule has 0 aliphatic rings. The molecule has 0 spiro atoms. The van der Waals surface area contributed by atoms with E-state index in [1.807, 2.05) is 49.5 Å². The lowest BCUT2D eigenvalue weighted by Crippen LogP contribution is -2.06. The molecule has 0 unspecified atom stereocenters. The van der Waals surface area contributed by atoms with Gasteiger partial charge in [-0.2, -0.15) is 0 Å². The maximum absolute atomic E-state index is 6.05. The van der Waals surface area contributed by atoms with Crippen molar-refractivity contribution in [1.29, 1.82) is 0 Å². The first-order chi connectivity index (χ1) is 8.20. The Bertz CT molecular complexity index is 506. The molecule has 0 saturated heterocycles. The summed E-state index contributed by atoms with van der Waals surface area (Å²) in [6.07, 6.45) is 0. The van der Waals surface area contributed by atoms with Gasteiger partial charge in [-0.3, -0.25) is 0 Å². The van der Waals surface area contributed by atoms with Crippen molar-refractivity contribution in [2.24, 2.45) is 0 Å². The summed E-state index contributed by atoms with van der Waals surface area (Å²) in [4.78, 5) is 0. The van der Waals surface area contributed by atoms with Gasteiger partial charge in [0.15, 0.2) is 0 Å². The third-order valence-electron chi connectivity index (χ3n) is 2.59. The van der Waals surface area contributed by atoms with Gasteiger partial charge in [-0.1, -0.05) is 41.4 Å². The van der Waals surface area contributed by atoms with Crippen LogP contribution in [-0.4, -0.2) is 7.05 Å². The van der Waals surface area contributed by atoms with Gasteiger partial charge in [0.05, 0.1) is 0 Å². The first kappa shape index (κ1) is 12.4. The highest BCUT2D eigenvalue weighted by Crippen LogP contribution is 2.28. The number of hydrogen-bond donors (Lipinski definition) is 1. The molecule has 0 heterocycles. The fraction of sp³-hybridized carbons (Fsp3) is 0.143. The normalized spacial score (nSPS) is 10.5. The van der Waals surface area contributed by atoms with E-state index >= 15 is 0 Å². The predicted octanol–water partition coefficient (Wildman–Crippen LogP) is 4.38. The van der Waals surface area contributed by atoms with Crippen LogP contribution in [0.4, 0.5) is 0 Å². The van der Waals surface area contributed by atoms with Crippen molar-refractivity contribution < 1.29 is 0 Å². The smallest absolute Gasteiger partial charge is 0.0412 e.